The third-order valence-corrected chi connectivity index (χ3v) is 2.96. The molecule has 0 aliphatic rings. The van der Waals surface area contributed by atoms with Gasteiger partial charge in [0.15, 0.2) is 6.10 Å². The number of aryl methyl sites for hydroxylation is 1. The maximum atomic E-state index is 11.6. The summed E-state index contributed by atoms with van der Waals surface area (Å²) >= 11 is 0. The van der Waals surface area contributed by atoms with Crippen LogP contribution in [0.15, 0.2) is 41.7 Å². The minimum atomic E-state index is -0.603. The number of hydrogen-bond acceptors (Lipinski definition) is 7. The number of carbonyl (C=O) groups excluding carboxylic acids is 1. The van der Waals surface area contributed by atoms with Crippen LogP contribution in [0.4, 0.5) is 0 Å². The van der Waals surface area contributed by atoms with Crippen LogP contribution in [0.2, 0.25) is 0 Å². The lowest BCUT2D eigenvalue weighted by atomic mass is 10.3. The number of rotatable bonds is 9. The number of ether oxygens (including phenoxy) is 2. The van der Waals surface area contributed by atoms with Gasteiger partial charge in [0, 0.05) is 24.4 Å². The second-order valence-electron chi connectivity index (χ2n) is 4.79. The second kappa shape index (κ2) is 8.79. The van der Waals surface area contributed by atoms with E-state index in [0.717, 1.165) is 5.56 Å². The molecule has 2 aromatic rings. The SMILES string of the molecule is C=CCOC(C)C(=O)OCCCc1nc(-c2cccnc2)no1. The summed E-state index contributed by atoms with van der Waals surface area (Å²) in [5.74, 6) is 0.598. The van der Waals surface area contributed by atoms with Gasteiger partial charge >= 0.3 is 5.97 Å². The Morgan fingerprint density at radius 3 is 3.13 bits per heavy atom. The van der Waals surface area contributed by atoms with E-state index in [-0.39, 0.29) is 6.61 Å². The zero-order valence-electron chi connectivity index (χ0n) is 13.0. The van der Waals surface area contributed by atoms with E-state index in [1.165, 1.54) is 0 Å². The van der Waals surface area contributed by atoms with Gasteiger partial charge in [-0.05, 0) is 25.5 Å². The van der Waals surface area contributed by atoms with Gasteiger partial charge < -0.3 is 14.0 Å². The maximum Gasteiger partial charge on any atom is 0.334 e. The van der Waals surface area contributed by atoms with Crippen LogP contribution in [-0.2, 0) is 20.7 Å². The van der Waals surface area contributed by atoms with E-state index in [1.54, 1.807) is 31.5 Å². The lowest BCUT2D eigenvalue weighted by Crippen LogP contribution is -2.23. The van der Waals surface area contributed by atoms with E-state index in [1.807, 2.05) is 6.07 Å². The third kappa shape index (κ3) is 5.30. The van der Waals surface area contributed by atoms with Gasteiger partial charge in [0.05, 0.1) is 13.2 Å². The van der Waals surface area contributed by atoms with Crippen LogP contribution in [-0.4, -0.2) is 40.4 Å². The molecular weight excluding hydrogens is 298 g/mol. The Morgan fingerprint density at radius 2 is 2.39 bits per heavy atom. The van der Waals surface area contributed by atoms with E-state index in [4.69, 9.17) is 14.0 Å². The van der Waals surface area contributed by atoms with Crippen LogP contribution in [0, 0.1) is 0 Å². The van der Waals surface area contributed by atoms with Gasteiger partial charge in [-0.3, -0.25) is 4.98 Å². The highest BCUT2D eigenvalue weighted by Crippen LogP contribution is 2.14. The normalized spacial score (nSPS) is 11.9. The van der Waals surface area contributed by atoms with Gasteiger partial charge in [-0.15, -0.1) is 6.58 Å². The monoisotopic (exact) mass is 317 g/mol. The average molecular weight is 317 g/mol. The molecule has 7 heteroatoms. The summed E-state index contributed by atoms with van der Waals surface area (Å²) in [6.07, 6.45) is 5.45. The zero-order chi connectivity index (χ0) is 16.5. The van der Waals surface area contributed by atoms with Crippen molar-refractivity contribution < 1.29 is 18.8 Å². The zero-order valence-corrected chi connectivity index (χ0v) is 13.0. The molecule has 7 nitrogen and oxygen atoms in total. The quantitative estimate of drug-likeness (QED) is 0.398. The first-order chi connectivity index (χ1) is 11.2. The van der Waals surface area contributed by atoms with Crippen molar-refractivity contribution in [1.82, 2.24) is 15.1 Å². The fourth-order valence-corrected chi connectivity index (χ4v) is 1.76. The molecule has 2 rings (SSSR count). The van der Waals surface area contributed by atoms with Crippen molar-refractivity contribution in [3.05, 3.63) is 43.1 Å². The Balaban J connectivity index is 1.72. The summed E-state index contributed by atoms with van der Waals surface area (Å²) in [5.41, 5.74) is 0.794. The molecule has 0 fully saturated rings. The third-order valence-electron chi connectivity index (χ3n) is 2.96. The van der Waals surface area contributed by atoms with Gasteiger partial charge in [0.1, 0.15) is 0 Å². The molecule has 0 saturated heterocycles. The second-order valence-corrected chi connectivity index (χ2v) is 4.79. The van der Waals surface area contributed by atoms with Gasteiger partial charge in [-0.25, -0.2) is 4.79 Å². The average Bonchev–Trinajstić information content (AvgIpc) is 3.06. The number of pyridine rings is 1. The lowest BCUT2D eigenvalue weighted by molar-refractivity contribution is -0.155. The molecule has 0 saturated carbocycles. The van der Waals surface area contributed by atoms with Crippen molar-refractivity contribution in [2.45, 2.75) is 25.9 Å². The van der Waals surface area contributed by atoms with Crippen LogP contribution in [0.3, 0.4) is 0 Å². The van der Waals surface area contributed by atoms with Crippen LogP contribution in [0.25, 0.3) is 11.4 Å². The predicted octanol–water partition coefficient (Wildman–Crippen LogP) is 2.20. The minimum absolute atomic E-state index is 0.269. The van der Waals surface area contributed by atoms with Gasteiger partial charge in [0.2, 0.25) is 11.7 Å². The number of aromatic nitrogens is 3. The Kier molecular flexibility index (Phi) is 6.43. The molecule has 0 amide bonds. The summed E-state index contributed by atoms with van der Waals surface area (Å²) < 4.78 is 15.5. The fourth-order valence-electron chi connectivity index (χ4n) is 1.76. The molecule has 0 aromatic carbocycles. The molecule has 1 atom stereocenters. The van der Waals surface area contributed by atoms with Gasteiger partial charge in [0.25, 0.3) is 0 Å². The molecule has 122 valence electrons. The van der Waals surface area contributed by atoms with Crippen molar-refractivity contribution in [3.63, 3.8) is 0 Å². The van der Waals surface area contributed by atoms with E-state index >= 15 is 0 Å². The topological polar surface area (TPSA) is 87.3 Å². The van der Waals surface area contributed by atoms with Crippen molar-refractivity contribution in [1.29, 1.82) is 0 Å². The van der Waals surface area contributed by atoms with Crippen molar-refractivity contribution in [2.24, 2.45) is 0 Å². The highest BCUT2D eigenvalue weighted by molar-refractivity contribution is 5.74. The Morgan fingerprint density at radius 1 is 1.52 bits per heavy atom. The summed E-state index contributed by atoms with van der Waals surface area (Å²) in [5, 5.41) is 3.90. The number of nitrogens with zero attached hydrogens (tertiary/aromatic N) is 3. The van der Waals surface area contributed by atoms with Gasteiger partial charge in [-0.1, -0.05) is 11.2 Å². The summed E-state index contributed by atoms with van der Waals surface area (Å²) in [4.78, 5) is 19.9. The number of esters is 1. The first-order valence-corrected chi connectivity index (χ1v) is 7.33. The number of carbonyl (C=O) groups is 1. The first kappa shape index (κ1) is 16.8. The predicted molar refractivity (Wildman–Crippen MR) is 82.4 cm³/mol. The number of hydrogen-bond donors (Lipinski definition) is 0. The molecule has 0 bridgehead atoms. The highest BCUT2D eigenvalue weighted by Gasteiger charge is 2.14. The largest absolute Gasteiger partial charge is 0.464 e. The molecular formula is C16H19N3O4. The van der Waals surface area contributed by atoms with E-state index < -0.39 is 12.1 Å². The Labute approximate surface area is 134 Å². The molecule has 0 aliphatic heterocycles. The summed E-state index contributed by atoms with van der Waals surface area (Å²) in [7, 11) is 0. The fraction of sp³-hybridized carbons (Fsp3) is 0.375. The van der Waals surface area contributed by atoms with Crippen LogP contribution in [0.5, 0.6) is 0 Å². The first-order valence-electron chi connectivity index (χ1n) is 7.33. The Bertz CT molecular complexity index is 627. The highest BCUT2D eigenvalue weighted by atomic mass is 16.6. The molecule has 2 heterocycles. The Hall–Kier alpha value is -2.54. The molecule has 23 heavy (non-hydrogen) atoms. The van der Waals surface area contributed by atoms with Crippen LogP contribution < -0.4 is 0 Å². The summed E-state index contributed by atoms with van der Waals surface area (Å²) in [6.45, 7) is 5.75. The van der Waals surface area contributed by atoms with Crippen molar-refractivity contribution >= 4 is 5.97 Å². The van der Waals surface area contributed by atoms with E-state index in [2.05, 4.69) is 21.7 Å². The molecule has 0 spiro atoms. The van der Waals surface area contributed by atoms with E-state index in [9.17, 15) is 4.79 Å². The molecule has 0 N–H and O–H groups in total. The lowest BCUT2D eigenvalue weighted by Gasteiger charge is -2.10. The molecule has 2 aromatic heterocycles. The summed E-state index contributed by atoms with van der Waals surface area (Å²) in [6, 6.07) is 3.66. The molecule has 1 unspecified atom stereocenters. The minimum Gasteiger partial charge on any atom is -0.464 e. The van der Waals surface area contributed by atoms with Gasteiger partial charge in [-0.2, -0.15) is 4.98 Å². The van der Waals surface area contributed by atoms with Crippen molar-refractivity contribution in [2.75, 3.05) is 13.2 Å². The molecule has 0 radical (unpaired) electrons. The maximum absolute atomic E-state index is 11.6. The van der Waals surface area contributed by atoms with E-state index in [0.29, 0.717) is 31.2 Å². The van der Waals surface area contributed by atoms with Crippen LogP contribution in [0.1, 0.15) is 19.2 Å². The van der Waals surface area contributed by atoms with Crippen LogP contribution >= 0.6 is 0 Å². The van der Waals surface area contributed by atoms with Crippen molar-refractivity contribution in [3.8, 4) is 11.4 Å². The standard InChI is InChI=1S/C16H19N3O4/c1-3-9-21-12(2)16(20)22-10-5-7-14-18-15(19-23-14)13-6-4-8-17-11-13/h3-4,6,8,11-12H,1,5,7,9-10H2,2H3. The smallest absolute Gasteiger partial charge is 0.334 e. The molecule has 0 aliphatic carbocycles.